The van der Waals surface area contributed by atoms with Crippen molar-refractivity contribution < 1.29 is 0 Å². The zero-order chi connectivity index (χ0) is 10.3. The second-order valence-corrected chi connectivity index (χ2v) is 5.47. The van der Waals surface area contributed by atoms with Gasteiger partial charge in [-0.2, -0.15) is 0 Å². The lowest BCUT2D eigenvalue weighted by molar-refractivity contribution is 0.375. The molecule has 1 saturated carbocycles. The Balaban J connectivity index is 1.93. The molecule has 1 fully saturated rings. The van der Waals surface area contributed by atoms with E-state index in [1.165, 1.54) is 44.1 Å². The van der Waals surface area contributed by atoms with Crippen molar-refractivity contribution in [1.82, 2.24) is 0 Å². The molecule has 1 aromatic rings. The molecule has 0 spiro atoms. The number of benzene rings is 1. The SMILES string of the molecule is Cc1ccc2c(c1)CCC1CCCC1C2. The summed E-state index contributed by atoms with van der Waals surface area (Å²) in [5, 5.41) is 0. The molecule has 2 unspecified atom stereocenters. The Bertz CT molecular complexity index is 364. The van der Waals surface area contributed by atoms with Gasteiger partial charge in [0, 0.05) is 0 Å². The van der Waals surface area contributed by atoms with E-state index in [9.17, 15) is 0 Å². The van der Waals surface area contributed by atoms with E-state index in [1.54, 1.807) is 11.1 Å². The summed E-state index contributed by atoms with van der Waals surface area (Å²) in [6.45, 7) is 2.21. The molecule has 0 aromatic heterocycles. The summed E-state index contributed by atoms with van der Waals surface area (Å²) in [5.74, 6) is 2.05. The van der Waals surface area contributed by atoms with E-state index in [2.05, 4.69) is 25.1 Å². The quantitative estimate of drug-likeness (QED) is 0.596. The molecule has 1 aromatic carbocycles. The van der Waals surface area contributed by atoms with Gasteiger partial charge < -0.3 is 0 Å². The van der Waals surface area contributed by atoms with Crippen LogP contribution in [0, 0.1) is 18.8 Å². The summed E-state index contributed by atoms with van der Waals surface area (Å²) in [4.78, 5) is 0. The van der Waals surface area contributed by atoms with E-state index >= 15 is 0 Å². The smallest absolute Gasteiger partial charge is 0.0245 e. The number of rotatable bonds is 0. The van der Waals surface area contributed by atoms with Crippen molar-refractivity contribution in [3.8, 4) is 0 Å². The first-order valence-corrected chi connectivity index (χ1v) is 6.41. The van der Waals surface area contributed by atoms with Crippen molar-refractivity contribution in [2.45, 2.75) is 45.4 Å². The third-order valence-corrected chi connectivity index (χ3v) is 4.44. The Morgan fingerprint density at radius 3 is 2.80 bits per heavy atom. The Morgan fingerprint density at radius 2 is 1.87 bits per heavy atom. The molecule has 0 bridgehead atoms. The van der Waals surface area contributed by atoms with Crippen LogP contribution in [0.15, 0.2) is 18.2 Å². The van der Waals surface area contributed by atoms with Gasteiger partial charge >= 0.3 is 0 Å². The largest absolute Gasteiger partial charge is 0.0590 e. The van der Waals surface area contributed by atoms with Crippen molar-refractivity contribution in [2.75, 3.05) is 0 Å². The molecule has 0 N–H and O–H groups in total. The maximum Gasteiger partial charge on any atom is -0.0245 e. The third kappa shape index (κ3) is 1.71. The normalized spacial score (nSPS) is 29.4. The standard InChI is InChI=1S/C15H20/c1-11-5-6-15-10-13-4-2-3-12(13)7-8-14(15)9-11/h5-6,9,12-13H,2-4,7-8,10H2,1H3. The van der Waals surface area contributed by atoms with Crippen LogP contribution in [0.3, 0.4) is 0 Å². The van der Waals surface area contributed by atoms with Gasteiger partial charge in [-0.25, -0.2) is 0 Å². The first-order chi connectivity index (χ1) is 7.33. The lowest BCUT2D eigenvalue weighted by Crippen LogP contribution is -2.08. The molecule has 3 rings (SSSR count). The van der Waals surface area contributed by atoms with Crippen LogP contribution < -0.4 is 0 Å². The summed E-state index contributed by atoms with van der Waals surface area (Å²) in [7, 11) is 0. The van der Waals surface area contributed by atoms with E-state index in [-0.39, 0.29) is 0 Å². The van der Waals surface area contributed by atoms with Crippen molar-refractivity contribution in [3.63, 3.8) is 0 Å². The van der Waals surface area contributed by atoms with Gasteiger partial charge in [-0.3, -0.25) is 0 Å². The number of aryl methyl sites for hydroxylation is 2. The number of hydrogen-bond donors (Lipinski definition) is 0. The minimum Gasteiger partial charge on any atom is -0.0590 e. The molecule has 2 aliphatic rings. The number of hydrogen-bond acceptors (Lipinski definition) is 0. The van der Waals surface area contributed by atoms with Crippen LogP contribution in [0.1, 0.15) is 42.4 Å². The Hall–Kier alpha value is -0.780. The summed E-state index contributed by atoms with van der Waals surface area (Å²) in [6, 6.07) is 7.08. The van der Waals surface area contributed by atoms with Crippen LogP contribution in [-0.2, 0) is 12.8 Å². The molecule has 0 nitrogen and oxygen atoms in total. The number of fused-ring (bicyclic) bond motifs is 2. The summed E-state index contributed by atoms with van der Waals surface area (Å²) in [6.07, 6.45) is 8.60. The van der Waals surface area contributed by atoms with Gasteiger partial charge in [-0.05, 0) is 55.6 Å². The summed E-state index contributed by atoms with van der Waals surface area (Å²) < 4.78 is 0. The van der Waals surface area contributed by atoms with Crippen molar-refractivity contribution in [1.29, 1.82) is 0 Å². The molecule has 0 heterocycles. The predicted molar refractivity (Wildman–Crippen MR) is 64.0 cm³/mol. The first-order valence-electron chi connectivity index (χ1n) is 6.41. The zero-order valence-electron chi connectivity index (χ0n) is 9.63. The maximum absolute atomic E-state index is 2.41. The molecule has 2 aliphatic carbocycles. The summed E-state index contributed by atoms with van der Waals surface area (Å²) >= 11 is 0. The highest BCUT2D eigenvalue weighted by atomic mass is 14.3. The second-order valence-electron chi connectivity index (χ2n) is 5.47. The van der Waals surface area contributed by atoms with Crippen LogP contribution in [0.25, 0.3) is 0 Å². The van der Waals surface area contributed by atoms with Gasteiger partial charge in [0.2, 0.25) is 0 Å². The monoisotopic (exact) mass is 200 g/mol. The van der Waals surface area contributed by atoms with Crippen LogP contribution in [-0.4, -0.2) is 0 Å². The van der Waals surface area contributed by atoms with Gasteiger partial charge in [0.05, 0.1) is 0 Å². The second kappa shape index (κ2) is 3.66. The Labute approximate surface area is 92.7 Å². The average molecular weight is 200 g/mol. The molecule has 0 amide bonds. The Morgan fingerprint density at radius 1 is 1.00 bits per heavy atom. The topological polar surface area (TPSA) is 0 Å². The lowest BCUT2D eigenvalue weighted by atomic mass is 9.90. The molecule has 0 heteroatoms. The van der Waals surface area contributed by atoms with Gasteiger partial charge in [-0.15, -0.1) is 0 Å². The van der Waals surface area contributed by atoms with Gasteiger partial charge in [0.1, 0.15) is 0 Å². The van der Waals surface area contributed by atoms with Gasteiger partial charge in [-0.1, -0.05) is 36.6 Å². The molecule has 80 valence electrons. The summed E-state index contributed by atoms with van der Waals surface area (Å²) in [5.41, 5.74) is 4.72. The lowest BCUT2D eigenvalue weighted by Gasteiger charge is -2.15. The molecule has 15 heavy (non-hydrogen) atoms. The molecule has 0 aliphatic heterocycles. The highest BCUT2D eigenvalue weighted by Crippen LogP contribution is 2.40. The van der Waals surface area contributed by atoms with E-state index in [0.717, 1.165) is 11.8 Å². The first kappa shape index (κ1) is 9.45. The highest BCUT2D eigenvalue weighted by Gasteiger charge is 2.29. The average Bonchev–Trinajstić information content (AvgIpc) is 2.59. The van der Waals surface area contributed by atoms with Crippen LogP contribution >= 0.6 is 0 Å². The van der Waals surface area contributed by atoms with Gasteiger partial charge in [0.25, 0.3) is 0 Å². The van der Waals surface area contributed by atoms with Crippen LogP contribution in [0.2, 0.25) is 0 Å². The van der Waals surface area contributed by atoms with Crippen LogP contribution in [0.5, 0.6) is 0 Å². The van der Waals surface area contributed by atoms with Crippen molar-refractivity contribution >= 4 is 0 Å². The van der Waals surface area contributed by atoms with Gasteiger partial charge in [0.15, 0.2) is 0 Å². The Kier molecular flexibility index (Phi) is 2.31. The predicted octanol–water partition coefficient (Wildman–Crippen LogP) is 3.90. The van der Waals surface area contributed by atoms with E-state index in [0.29, 0.717) is 0 Å². The molecular formula is C15H20. The minimum atomic E-state index is 1.01. The van der Waals surface area contributed by atoms with Crippen molar-refractivity contribution in [3.05, 3.63) is 34.9 Å². The third-order valence-electron chi connectivity index (χ3n) is 4.44. The van der Waals surface area contributed by atoms with Crippen LogP contribution in [0.4, 0.5) is 0 Å². The molecule has 0 radical (unpaired) electrons. The maximum atomic E-state index is 2.41. The van der Waals surface area contributed by atoms with E-state index in [4.69, 9.17) is 0 Å². The molecular weight excluding hydrogens is 180 g/mol. The van der Waals surface area contributed by atoms with E-state index < -0.39 is 0 Å². The fourth-order valence-corrected chi connectivity index (χ4v) is 3.57. The van der Waals surface area contributed by atoms with Crippen molar-refractivity contribution in [2.24, 2.45) is 11.8 Å². The molecule has 2 atom stereocenters. The molecule has 0 saturated heterocycles. The highest BCUT2D eigenvalue weighted by molar-refractivity contribution is 5.33. The van der Waals surface area contributed by atoms with E-state index in [1.807, 2.05) is 0 Å². The zero-order valence-corrected chi connectivity index (χ0v) is 9.63. The fraction of sp³-hybridized carbons (Fsp3) is 0.600. The fourth-order valence-electron chi connectivity index (χ4n) is 3.57. The minimum absolute atomic E-state index is 1.01.